The van der Waals surface area contributed by atoms with E-state index in [1.54, 1.807) is 25.7 Å². The Morgan fingerprint density at radius 1 is 1.38 bits per heavy atom. The molecule has 1 aliphatic rings. The minimum Gasteiger partial charge on any atom is -0.383 e. The highest BCUT2D eigenvalue weighted by molar-refractivity contribution is 5.60. The van der Waals surface area contributed by atoms with E-state index in [2.05, 4.69) is 25.1 Å². The van der Waals surface area contributed by atoms with E-state index < -0.39 is 0 Å². The first kappa shape index (κ1) is 14.2. The molecule has 2 aromatic rings. The summed E-state index contributed by atoms with van der Waals surface area (Å²) in [6, 6.07) is 0. The van der Waals surface area contributed by atoms with Crippen LogP contribution in [-0.2, 0) is 4.74 Å². The topological polar surface area (TPSA) is 66.9 Å². The zero-order valence-corrected chi connectivity index (χ0v) is 12.3. The fourth-order valence-electron chi connectivity index (χ4n) is 2.95. The molecule has 1 fully saturated rings. The number of methoxy groups -OCH3 is 1. The third kappa shape index (κ3) is 3.28. The molecular formula is C15H21N5O. The third-order valence-electron chi connectivity index (χ3n) is 4.00. The smallest absolute Gasteiger partial charge is 0.0952 e. The first-order chi connectivity index (χ1) is 10.4. The lowest BCUT2D eigenvalue weighted by molar-refractivity contribution is 0.127. The lowest BCUT2D eigenvalue weighted by Crippen LogP contribution is -2.37. The summed E-state index contributed by atoms with van der Waals surface area (Å²) in [5.41, 5.74) is 3.04. The van der Waals surface area contributed by atoms with Gasteiger partial charge in [-0.15, -0.1) is 0 Å². The van der Waals surface area contributed by atoms with Crippen LogP contribution in [0.2, 0.25) is 0 Å². The lowest BCUT2D eigenvalue weighted by atomic mass is 9.92. The molecule has 0 saturated carbocycles. The molecule has 0 bridgehead atoms. The van der Waals surface area contributed by atoms with Crippen LogP contribution in [0.15, 0.2) is 24.8 Å². The van der Waals surface area contributed by atoms with Crippen LogP contribution in [0.5, 0.6) is 0 Å². The number of likely N-dealkylation sites (tertiary alicyclic amines) is 1. The lowest BCUT2D eigenvalue weighted by Gasteiger charge is -2.32. The van der Waals surface area contributed by atoms with E-state index in [0.29, 0.717) is 5.92 Å². The van der Waals surface area contributed by atoms with Crippen molar-refractivity contribution in [1.82, 2.24) is 25.1 Å². The molecule has 0 aliphatic carbocycles. The van der Waals surface area contributed by atoms with Gasteiger partial charge in [-0.25, -0.2) is 0 Å². The Morgan fingerprint density at radius 2 is 2.29 bits per heavy atom. The maximum atomic E-state index is 5.19. The molecule has 3 heterocycles. The van der Waals surface area contributed by atoms with Crippen LogP contribution in [0.3, 0.4) is 0 Å². The van der Waals surface area contributed by atoms with Gasteiger partial charge >= 0.3 is 0 Å². The van der Waals surface area contributed by atoms with E-state index in [4.69, 9.17) is 4.74 Å². The molecule has 2 aromatic heterocycles. The van der Waals surface area contributed by atoms with E-state index in [0.717, 1.165) is 49.6 Å². The van der Waals surface area contributed by atoms with Gasteiger partial charge in [0.1, 0.15) is 0 Å². The fraction of sp³-hybridized carbons (Fsp3) is 0.533. The van der Waals surface area contributed by atoms with E-state index in [9.17, 15) is 0 Å². The van der Waals surface area contributed by atoms with E-state index in [1.165, 1.54) is 6.42 Å². The van der Waals surface area contributed by atoms with Crippen molar-refractivity contribution >= 4 is 0 Å². The maximum Gasteiger partial charge on any atom is 0.0952 e. The van der Waals surface area contributed by atoms with E-state index >= 15 is 0 Å². The number of H-pyrrole nitrogens is 1. The molecule has 1 saturated heterocycles. The van der Waals surface area contributed by atoms with Crippen molar-refractivity contribution < 1.29 is 4.74 Å². The predicted molar refractivity (Wildman–Crippen MR) is 79.9 cm³/mol. The number of aromatic nitrogens is 4. The third-order valence-corrected chi connectivity index (χ3v) is 4.00. The van der Waals surface area contributed by atoms with Crippen LogP contribution >= 0.6 is 0 Å². The standard InChI is InChI=1S/C15H21N5O/c1-21-8-7-20-6-2-3-12(11-20)14-15(17-5-4-16-14)13-9-18-19-10-13/h4-5,9-10,12H,2-3,6-8,11H2,1H3,(H,18,19). The number of rotatable bonds is 5. The van der Waals surface area contributed by atoms with Gasteiger partial charge in [0, 0.05) is 50.3 Å². The van der Waals surface area contributed by atoms with Gasteiger partial charge < -0.3 is 9.64 Å². The average Bonchev–Trinajstić information content (AvgIpc) is 3.07. The van der Waals surface area contributed by atoms with Crippen LogP contribution < -0.4 is 0 Å². The SMILES string of the molecule is COCCN1CCCC(c2nccnc2-c2cn[nH]c2)C1. The monoisotopic (exact) mass is 287 g/mol. The van der Waals surface area contributed by atoms with Crippen molar-refractivity contribution in [1.29, 1.82) is 0 Å². The minimum atomic E-state index is 0.425. The van der Waals surface area contributed by atoms with Gasteiger partial charge in [0.2, 0.25) is 0 Å². The van der Waals surface area contributed by atoms with E-state index in [1.807, 2.05) is 6.20 Å². The summed E-state index contributed by atoms with van der Waals surface area (Å²) in [4.78, 5) is 11.6. The second kappa shape index (κ2) is 6.78. The van der Waals surface area contributed by atoms with Crippen LogP contribution in [0.4, 0.5) is 0 Å². The maximum absolute atomic E-state index is 5.19. The second-order valence-corrected chi connectivity index (χ2v) is 5.41. The number of nitrogens with one attached hydrogen (secondary N) is 1. The molecule has 1 unspecified atom stereocenters. The zero-order chi connectivity index (χ0) is 14.5. The Bertz CT molecular complexity index is 557. The van der Waals surface area contributed by atoms with Crippen LogP contribution in [-0.4, -0.2) is 58.4 Å². The minimum absolute atomic E-state index is 0.425. The Balaban J connectivity index is 1.80. The van der Waals surface area contributed by atoms with Crippen molar-refractivity contribution in [2.24, 2.45) is 0 Å². The van der Waals surface area contributed by atoms with E-state index in [-0.39, 0.29) is 0 Å². The molecule has 0 radical (unpaired) electrons. The normalized spacial score (nSPS) is 19.8. The number of nitrogens with zero attached hydrogens (tertiary/aromatic N) is 4. The number of aromatic amines is 1. The molecule has 0 spiro atoms. The molecule has 3 rings (SSSR count). The summed E-state index contributed by atoms with van der Waals surface area (Å²) in [6.45, 7) is 3.92. The van der Waals surface area contributed by atoms with Gasteiger partial charge in [-0.2, -0.15) is 5.10 Å². The Hall–Kier alpha value is -1.79. The Morgan fingerprint density at radius 3 is 3.10 bits per heavy atom. The quantitative estimate of drug-likeness (QED) is 0.906. The van der Waals surface area contributed by atoms with Gasteiger partial charge in [-0.05, 0) is 19.4 Å². The number of hydrogen-bond acceptors (Lipinski definition) is 5. The van der Waals surface area contributed by atoms with Crippen LogP contribution in [0.1, 0.15) is 24.5 Å². The van der Waals surface area contributed by atoms with Gasteiger partial charge in [-0.3, -0.25) is 15.1 Å². The summed E-state index contributed by atoms with van der Waals surface area (Å²) in [7, 11) is 1.75. The molecule has 1 N–H and O–H groups in total. The van der Waals surface area contributed by atoms with Crippen molar-refractivity contribution in [2.75, 3.05) is 33.4 Å². The van der Waals surface area contributed by atoms with Gasteiger partial charge in [-0.1, -0.05) is 0 Å². The first-order valence-electron chi connectivity index (χ1n) is 7.40. The average molecular weight is 287 g/mol. The molecule has 0 amide bonds. The highest BCUT2D eigenvalue weighted by Crippen LogP contribution is 2.31. The second-order valence-electron chi connectivity index (χ2n) is 5.41. The molecule has 6 heteroatoms. The fourth-order valence-corrected chi connectivity index (χ4v) is 2.95. The molecule has 112 valence electrons. The number of ether oxygens (including phenoxy) is 1. The summed E-state index contributed by atoms with van der Waals surface area (Å²) in [5, 5.41) is 6.87. The van der Waals surface area contributed by atoms with Crippen LogP contribution in [0, 0.1) is 0 Å². The molecular weight excluding hydrogens is 266 g/mol. The summed E-state index contributed by atoms with van der Waals surface area (Å²) < 4.78 is 5.19. The molecule has 1 atom stereocenters. The summed E-state index contributed by atoms with van der Waals surface area (Å²) >= 11 is 0. The number of hydrogen-bond donors (Lipinski definition) is 1. The van der Waals surface area contributed by atoms with Gasteiger partial charge in [0.15, 0.2) is 0 Å². The summed E-state index contributed by atoms with van der Waals surface area (Å²) in [5.74, 6) is 0.425. The highest BCUT2D eigenvalue weighted by Gasteiger charge is 2.25. The largest absolute Gasteiger partial charge is 0.383 e. The zero-order valence-electron chi connectivity index (χ0n) is 12.3. The Kier molecular flexibility index (Phi) is 4.57. The highest BCUT2D eigenvalue weighted by atomic mass is 16.5. The summed E-state index contributed by atoms with van der Waals surface area (Å²) in [6.07, 6.45) is 9.56. The predicted octanol–water partition coefficient (Wildman–Crippen LogP) is 1.69. The van der Waals surface area contributed by atoms with Crippen molar-refractivity contribution in [3.63, 3.8) is 0 Å². The van der Waals surface area contributed by atoms with Gasteiger partial charge in [0.25, 0.3) is 0 Å². The first-order valence-corrected chi connectivity index (χ1v) is 7.40. The molecule has 6 nitrogen and oxygen atoms in total. The van der Waals surface area contributed by atoms with Crippen molar-refractivity contribution in [3.8, 4) is 11.3 Å². The van der Waals surface area contributed by atoms with Crippen LogP contribution in [0.25, 0.3) is 11.3 Å². The molecule has 1 aliphatic heterocycles. The van der Waals surface area contributed by atoms with Crippen molar-refractivity contribution in [3.05, 3.63) is 30.5 Å². The van der Waals surface area contributed by atoms with Crippen molar-refractivity contribution in [2.45, 2.75) is 18.8 Å². The molecule has 0 aromatic carbocycles. The Labute approximate surface area is 124 Å². The molecule has 21 heavy (non-hydrogen) atoms. The van der Waals surface area contributed by atoms with Gasteiger partial charge in [0.05, 0.1) is 24.2 Å². The number of piperidine rings is 1.